The lowest BCUT2D eigenvalue weighted by molar-refractivity contribution is -0.135. The number of nitrogens with one attached hydrogen (secondary N) is 1. The Bertz CT molecular complexity index is 161. The van der Waals surface area contributed by atoms with Gasteiger partial charge < -0.3 is 10.2 Å². The highest BCUT2D eigenvalue weighted by Gasteiger charge is 2.23. The van der Waals surface area contributed by atoms with E-state index in [1.807, 2.05) is 32.6 Å². The summed E-state index contributed by atoms with van der Waals surface area (Å²) in [6.45, 7) is 11.7. The van der Waals surface area contributed by atoms with Crippen molar-refractivity contribution in [2.75, 3.05) is 26.2 Å². The first-order valence-electron chi connectivity index (χ1n) is 6.29. The number of hydrogen-bond donors (Lipinski definition) is 1. The van der Waals surface area contributed by atoms with E-state index in [2.05, 4.69) is 5.32 Å². The number of rotatable bonds is 3. The summed E-state index contributed by atoms with van der Waals surface area (Å²) in [6.07, 6.45) is 2.19. The Kier molecular flexibility index (Phi) is 8.38. The highest BCUT2D eigenvalue weighted by molar-refractivity contribution is 5.79. The Morgan fingerprint density at radius 1 is 1.33 bits per heavy atom. The van der Waals surface area contributed by atoms with Crippen LogP contribution >= 0.6 is 0 Å². The van der Waals surface area contributed by atoms with Crippen LogP contribution in [0.3, 0.4) is 0 Å². The minimum Gasteiger partial charge on any atom is -0.343 e. The van der Waals surface area contributed by atoms with E-state index >= 15 is 0 Å². The molecule has 0 aliphatic carbocycles. The molecule has 3 nitrogen and oxygen atoms in total. The van der Waals surface area contributed by atoms with E-state index in [0.717, 1.165) is 39.0 Å². The van der Waals surface area contributed by atoms with Crippen LogP contribution in [0, 0.1) is 5.92 Å². The molecule has 90 valence electrons. The summed E-state index contributed by atoms with van der Waals surface area (Å²) in [6, 6.07) is 0. The quantitative estimate of drug-likeness (QED) is 0.778. The SMILES string of the molecule is CC.CCN(CC)C(=O)C1CCCNC1. The standard InChI is InChI=1S/C10H20N2O.C2H6/c1-3-12(4-2)10(13)9-6-5-7-11-8-9;1-2/h9,11H,3-8H2,1-2H3;1-2H3. The Morgan fingerprint density at radius 3 is 2.33 bits per heavy atom. The zero-order valence-corrected chi connectivity index (χ0v) is 10.7. The summed E-state index contributed by atoms with van der Waals surface area (Å²) in [5.74, 6) is 0.561. The first-order chi connectivity index (χ1) is 7.29. The fourth-order valence-electron chi connectivity index (χ4n) is 1.86. The van der Waals surface area contributed by atoms with Gasteiger partial charge in [-0.1, -0.05) is 13.8 Å². The molecule has 0 aromatic rings. The zero-order valence-electron chi connectivity index (χ0n) is 10.7. The third kappa shape index (κ3) is 4.65. The Labute approximate surface area is 94.2 Å². The maximum atomic E-state index is 11.8. The van der Waals surface area contributed by atoms with Crippen LogP contribution in [0.2, 0.25) is 0 Å². The maximum Gasteiger partial charge on any atom is 0.226 e. The second-order valence-corrected chi connectivity index (χ2v) is 3.55. The molecular formula is C12H26N2O. The molecule has 1 atom stereocenters. The lowest BCUT2D eigenvalue weighted by Gasteiger charge is -2.27. The van der Waals surface area contributed by atoms with Gasteiger partial charge in [0.05, 0.1) is 5.92 Å². The van der Waals surface area contributed by atoms with Crippen LogP contribution in [0.5, 0.6) is 0 Å². The number of hydrogen-bond acceptors (Lipinski definition) is 2. The van der Waals surface area contributed by atoms with Crippen molar-refractivity contribution in [2.24, 2.45) is 5.92 Å². The highest BCUT2D eigenvalue weighted by atomic mass is 16.2. The van der Waals surface area contributed by atoms with Crippen LogP contribution in [0.25, 0.3) is 0 Å². The monoisotopic (exact) mass is 214 g/mol. The summed E-state index contributed by atoms with van der Waals surface area (Å²) >= 11 is 0. The molecule has 1 aliphatic rings. The zero-order chi connectivity index (χ0) is 11.7. The Morgan fingerprint density at radius 2 is 1.93 bits per heavy atom. The molecule has 1 fully saturated rings. The molecule has 3 heteroatoms. The van der Waals surface area contributed by atoms with Gasteiger partial charge in [0.15, 0.2) is 0 Å². The summed E-state index contributed by atoms with van der Waals surface area (Å²) < 4.78 is 0. The lowest BCUT2D eigenvalue weighted by Crippen LogP contribution is -2.42. The molecule has 0 radical (unpaired) electrons. The number of amides is 1. The summed E-state index contributed by atoms with van der Waals surface area (Å²) in [5, 5.41) is 3.27. The van der Waals surface area contributed by atoms with Crippen molar-refractivity contribution < 1.29 is 4.79 Å². The van der Waals surface area contributed by atoms with Crippen LogP contribution in [0.1, 0.15) is 40.5 Å². The number of piperidine rings is 1. The number of carbonyl (C=O) groups excluding carboxylic acids is 1. The molecule has 1 rings (SSSR count). The van der Waals surface area contributed by atoms with Crippen molar-refractivity contribution >= 4 is 5.91 Å². The molecule has 0 saturated carbocycles. The van der Waals surface area contributed by atoms with Gasteiger partial charge in [-0.2, -0.15) is 0 Å². The minimum atomic E-state index is 0.230. The second kappa shape index (κ2) is 8.72. The van der Waals surface area contributed by atoms with Gasteiger partial charge in [-0.25, -0.2) is 0 Å². The molecule has 1 saturated heterocycles. The Balaban J connectivity index is 0.000000921. The predicted octanol–water partition coefficient (Wildman–Crippen LogP) is 1.88. The fourth-order valence-corrected chi connectivity index (χ4v) is 1.86. The van der Waals surface area contributed by atoms with E-state index in [-0.39, 0.29) is 5.92 Å². The first-order valence-corrected chi connectivity index (χ1v) is 6.29. The second-order valence-electron chi connectivity index (χ2n) is 3.55. The average Bonchev–Trinajstić information content (AvgIpc) is 2.34. The summed E-state index contributed by atoms with van der Waals surface area (Å²) in [4.78, 5) is 13.8. The molecule has 0 aromatic heterocycles. The van der Waals surface area contributed by atoms with Crippen LogP contribution in [0.4, 0.5) is 0 Å². The predicted molar refractivity (Wildman–Crippen MR) is 64.9 cm³/mol. The third-order valence-electron chi connectivity index (χ3n) is 2.72. The van der Waals surface area contributed by atoms with E-state index in [4.69, 9.17) is 0 Å². The number of nitrogens with zero attached hydrogens (tertiary/aromatic N) is 1. The van der Waals surface area contributed by atoms with Crippen LogP contribution in [-0.4, -0.2) is 37.0 Å². The molecular weight excluding hydrogens is 188 g/mol. The average molecular weight is 214 g/mol. The van der Waals surface area contributed by atoms with Gasteiger partial charge in [0.25, 0.3) is 0 Å². The topological polar surface area (TPSA) is 32.3 Å². The highest BCUT2D eigenvalue weighted by Crippen LogP contribution is 2.12. The van der Waals surface area contributed by atoms with E-state index < -0.39 is 0 Å². The minimum absolute atomic E-state index is 0.230. The summed E-state index contributed by atoms with van der Waals surface area (Å²) in [5.41, 5.74) is 0. The smallest absolute Gasteiger partial charge is 0.226 e. The molecule has 1 N–H and O–H groups in total. The van der Waals surface area contributed by atoms with Crippen molar-refractivity contribution in [2.45, 2.75) is 40.5 Å². The van der Waals surface area contributed by atoms with Gasteiger partial charge in [0, 0.05) is 19.6 Å². The molecule has 1 amide bonds. The van der Waals surface area contributed by atoms with E-state index in [0.29, 0.717) is 5.91 Å². The van der Waals surface area contributed by atoms with Crippen molar-refractivity contribution in [1.82, 2.24) is 10.2 Å². The van der Waals surface area contributed by atoms with E-state index in [9.17, 15) is 4.79 Å². The van der Waals surface area contributed by atoms with Crippen molar-refractivity contribution in [3.63, 3.8) is 0 Å². The van der Waals surface area contributed by atoms with Crippen molar-refractivity contribution in [1.29, 1.82) is 0 Å². The van der Waals surface area contributed by atoms with Gasteiger partial charge >= 0.3 is 0 Å². The van der Waals surface area contributed by atoms with Gasteiger partial charge in [0.1, 0.15) is 0 Å². The number of carbonyl (C=O) groups is 1. The van der Waals surface area contributed by atoms with E-state index in [1.165, 1.54) is 0 Å². The van der Waals surface area contributed by atoms with E-state index in [1.54, 1.807) is 0 Å². The largest absolute Gasteiger partial charge is 0.343 e. The third-order valence-corrected chi connectivity index (χ3v) is 2.72. The molecule has 1 aliphatic heterocycles. The Hall–Kier alpha value is -0.570. The lowest BCUT2D eigenvalue weighted by atomic mass is 9.98. The van der Waals surface area contributed by atoms with Crippen molar-refractivity contribution in [3.8, 4) is 0 Å². The first kappa shape index (κ1) is 14.4. The van der Waals surface area contributed by atoms with Gasteiger partial charge in [-0.15, -0.1) is 0 Å². The summed E-state index contributed by atoms with van der Waals surface area (Å²) in [7, 11) is 0. The van der Waals surface area contributed by atoms with Crippen LogP contribution in [-0.2, 0) is 4.79 Å². The fraction of sp³-hybridized carbons (Fsp3) is 0.917. The molecule has 0 spiro atoms. The molecule has 1 unspecified atom stereocenters. The van der Waals surface area contributed by atoms with Gasteiger partial charge in [-0.3, -0.25) is 4.79 Å². The molecule has 0 aromatic carbocycles. The molecule has 0 bridgehead atoms. The normalized spacial score (nSPS) is 20.1. The molecule has 1 heterocycles. The maximum absolute atomic E-state index is 11.8. The van der Waals surface area contributed by atoms with Gasteiger partial charge in [-0.05, 0) is 33.2 Å². The van der Waals surface area contributed by atoms with Crippen molar-refractivity contribution in [3.05, 3.63) is 0 Å². The van der Waals surface area contributed by atoms with Crippen LogP contribution < -0.4 is 5.32 Å². The van der Waals surface area contributed by atoms with Gasteiger partial charge in [0.2, 0.25) is 5.91 Å². The molecule has 15 heavy (non-hydrogen) atoms. The van der Waals surface area contributed by atoms with Crippen LogP contribution in [0.15, 0.2) is 0 Å².